The van der Waals surface area contributed by atoms with Crippen LogP contribution in [0.3, 0.4) is 0 Å². The Bertz CT molecular complexity index is 900. The van der Waals surface area contributed by atoms with Crippen molar-refractivity contribution in [2.75, 3.05) is 11.9 Å². The summed E-state index contributed by atoms with van der Waals surface area (Å²) in [4.78, 5) is 31.1. The molecule has 5 nitrogen and oxygen atoms in total. The first-order chi connectivity index (χ1) is 12.1. The number of carbonyl (C=O) groups excluding carboxylic acids is 2. The molecule has 0 atom stereocenters. The van der Waals surface area contributed by atoms with E-state index in [1.54, 1.807) is 13.0 Å². The van der Waals surface area contributed by atoms with Gasteiger partial charge in [-0.2, -0.15) is 0 Å². The van der Waals surface area contributed by atoms with Gasteiger partial charge in [-0.3, -0.25) is 10.1 Å². The van der Waals surface area contributed by atoms with Gasteiger partial charge in [-0.1, -0.05) is 41.7 Å². The van der Waals surface area contributed by atoms with Crippen LogP contribution in [0.2, 0.25) is 0 Å². The van der Waals surface area contributed by atoms with Gasteiger partial charge in [0, 0.05) is 10.4 Å². The van der Waals surface area contributed by atoms with Crippen molar-refractivity contribution < 1.29 is 14.3 Å². The van der Waals surface area contributed by atoms with Gasteiger partial charge in [-0.15, -0.1) is 11.3 Å². The van der Waals surface area contributed by atoms with Crippen molar-refractivity contribution in [3.05, 3.63) is 57.1 Å². The number of rotatable bonds is 5. The second-order valence-corrected chi connectivity index (χ2v) is 7.43. The molecule has 0 fully saturated rings. The molecule has 0 spiro atoms. The van der Waals surface area contributed by atoms with Crippen LogP contribution in [-0.4, -0.2) is 23.5 Å². The van der Waals surface area contributed by atoms with Crippen LogP contribution in [0.25, 0.3) is 11.3 Å². The quantitative estimate of drug-likeness (QED) is 0.664. The molecule has 0 bridgehead atoms. The first-order valence-electron chi connectivity index (χ1n) is 7.69. The number of anilines is 1. The minimum atomic E-state index is -0.439. The van der Waals surface area contributed by atoms with E-state index in [2.05, 4.69) is 10.3 Å². The van der Waals surface area contributed by atoms with E-state index in [0.717, 1.165) is 21.8 Å². The van der Waals surface area contributed by atoms with Crippen LogP contribution in [0.5, 0.6) is 0 Å². The van der Waals surface area contributed by atoms with E-state index in [9.17, 15) is 9.59 Å². The molecule has 0 aliphatic rings. The Morgan fingerprint density at radius 3 is 2.52 bits per heavy atom. The number of hydrogen-bond donors (Lipinski definition) is 1. The van der Waals surface area contributed by atoms with Crippen molar-refractivity contribution >= 4 is 39.7 Å². The molecule has 0 saturated carbocycles. The molecule has 0 unspecified atom stereocenters. The molecular weight excluding hydrogens is 356 g/mol. The van der Waals surface area contributed by atoms with Gasteiger partial charge in [0.2, 0.25) is 0 Å². The molecule has 1 N–H and O–H groups in total. The first-order valence-corrected chi connectivity index (χ1v) is 9.33. The predicted molar refractivity (Wildman–Crippen MR) is 101 cm³/mol. The Balaban J connectivity index is 1.93. The molecule has 2 heterocycles. The summed E-state index contributed by atoms with van der Waals surface area (Å²) in [6, 6.07) is 13.0. The number of nitrogens with zero attached hydrogens (tertiary/aromatic N) is 1. The van der Waals surface area contributed by atoms with Crippen molar-refractivity contribution in [2.45, 2.75) is 13.8 Å². The summed E-state index contributed by atoms with van der Waals surface area (Å²) in [5.74, 6) is -0.673. The van der Waals surface area contributed by atoms with Gasteiger partial charge in [-0.25, -0.2) is 9.78 Å². The fraction of sp³-hybridized carbons (Fsp3) is 0.167. The second-order valence-electron chi connectivity index (χ2n) is 5.15. The lowest BCUT2D eigenvalue weighted by Gasteiger charge is -2.01. The molecule has 1 aromatic carbocycles. The van der Waals surface area contributed by atoms with Crippen molar-refractivity contribution in [2.24, 2.45) is 0 Å². The number of ether oxygens (including phenoxy) is 1. The summed E-state index contributed by atoms with van der Waals surface area (Å²) in [7, 11) is 0. The number of esters is 1. The van der Waals surface area contributed by atoms with Gasteiger partial charge >= 0.3 is 5.97 Å². The van der Waals surface area contributed by atoms with Crippen molar-refractivity contribution in [1.82, 2.24) is 4.98 Å². The Hall–Kier alpha value is -2.51. The third kappa shape index (κ3) is 3.94. The molecule has 128 valence electrons. The summed E-state index contributed by atoms with van der Waals surface area (Å²) in [5.41, 5.74) is 1.32. The highest BCUT2D eigenvalue weighted by Gasteiger charge is 2.22. The van der Waals surface area contributed by atoms with Crippen molar-refractivity contribution in [1.29, 1.82) is 0 Å². The molecule has 25 heavy (non-hydrogen) atoms. The molecule has 0 aliphatic heterocycles. The Morgan fingerprint density at radius 1 is 1.12 bits per heavy atom. The maximum Gasteiger partial charge on any atom is 0.350 e. The SMILES string of the molecule is CCOC(=O)c1sc(NC(=O)c2ccc(C)s2)nc1-c1ccccc1. The van der Waals surface area contributed by atoms with Gasteiger partial charge in [0.05, 0.1) is 17.2 Å². The molecule has 0 saturated heterocycles. The summed E-state index contributed by atoms with van der Waals surface area (Å²) in [6.45, 7) is 3.97. The average molecular weight is 372 g/mol. The lowest BCUT2D eigenvalue weighted by molar-refractivity contribution is 0.0532. The van der Waals surface area contributed by atoms with Gasteiger partial charge in [0.15, 0.2) is 5.13 Å². The van der Waals surface area contributed by atoms with E-state index in [-0.39, 0.29) is 12.5 Å². The van der Waals surface area contributed by atoms with E-state index in [1.807, 2.05) is 43.3 Å². The first kappa shape index (κ1) is 17.3. The highest BCUT2D eigenvalue weighted by Crippen LogP contribution is 2.32. The standard InChI is InChI=1S/C18H16N2O3S2/c1-3-23-17(22)15-14(12-7-5-4-6-8-12)19-18(25-15)20-16(21)13-10-9-11(2)24-13/h4-10H,3H2,1-2H3,(H,19,20,21). The third-order valence-electron chi connectivity index (χ3n) is 3.32. The topological polar surface area (TPSA) is 68.3 Å². The van der Waals surface area contributed by atoms with Crippen LogP contribution >= 0.6 is 22.7 Å². The zero-order valence-corrected chi connectivity index (χ0v) is 15.4. The monoisotopic (exact) mass is 372 g/mol. The number of benzene rings is 1. The van der Waals surface area contributed by atoms with Crippen LogP contribution in [0.15, 0.2) is 42.5 Å². The van der Waals surface area contributed by atoms with Crippen molar-refractivity contribution in [3.8, 4) is 11.3 Å². The molecule has 0 aliphatic carbocycles. The van der Waals surface area contributed by atoms with Crippen molar-refractivity contribution in [3.63, 3.8) is 0 Å². The minimum Gasteiger partial charge on any atom is -0.462 e. The zero-order chi connectivity index (χ0) is 17.8. The summed E-state index contributed by atoms with van der Waals surface area (Å²) < 4.78 is 5.12. The Labute approximate surface area is 153 Å². The third-order valence-corrected chi connectivity index (χ3v) is 5.27. The number of hydrogen-bond acceptors (Lipinski definition) is 6. The smallest absolute Gasteiger partial charge is 0.350 e. The van der Waals surface area contributed by atoms with E-state index < -0.39 is 5.97 Å². The second kappa shape index (κ2) is 7.58. The number of amides is 1. The number of thiophene rings is 1. The molecule has 3 aromatic rings. The average Bonchev–Trinajstić information content (AvgIpc) is 3.22. The predicted octanol–water partition coefficient (Wildman–Crippen LogP) is 4.61. The van der Waals surface area contributed by atoms with Gasteiger partial charge in [0.1, 0.15) is 4.88 Å². The Morgan fingerprint density at radius 2 is 1.88 bits per heavy atom. The van der Waals surface area contributed by atoms with Crippen LogP contribution in [0.1, 0.15) is 31.1 Å². The molecular formula is C18H16N2O3S2. The van der Waals surface area contributed by atoms with E-state index in [0.29, 0.717) is 20.6 Å². The maximum atomic E-state index is 12.3. The number of aromatic nitrogens is 1. The van der Waals surface area contributed by atoms with Crippen LogP contribution in [-0.2, 0) is 4.74 Å². The maximum absolute atomic E-state index is 12.3. The normalized spacial score (nSPS) is 10.5. The number of nitrogens with one attached hydrogen (secondary N) is 1. The number of thiazole rings is 1. The number of carbonyl (C=O) groups is 2. The van der Waals surface area contributed by atoms with Gasteiger partial charge < -0.3 is 4.74 Å². The van der Waals surface area contributed by atoms with E-state index >= 15 is 0 Å². The van der Waals surface area contributed by atoms with Crippen LogP contribution < -0.4 is 5.32 Å². The van der Waals surface area contributed by atoms with Gasteiger partial charge in [0.25, 0.3) is 5.91 Å². The highest BCUT2D eigenvalue weighted by atomic mass is 32.1. The molecule has 1 amide bonds. The zero-order valence-electron chi connectivity index (χ0n) is 13.7. The molecule has 3 rings (SSSR count). The summed E-state index contributed by atoms with van der Waals surface area (Å²) >= 11 is 2.53. The summed E-state index contributed by atoms with van der Waals surface area (Å²) in [5, 5.41) is 3.14. The Kier molecular flexibility index (Phi) is 5.25. The van der Waals surface area contributed by atoms with Gasteiger partial charge in [-0.05, 0) is 26.0 Å². The van der Waals surface area contributed by atoms with E-state index in [1.165, 1.54) is 11.3 Å². The number of aryl methyl sites for hydroxylation is 1. The lowest BCUT2D eigenvalue weighted by Crippen LogP contribution is -2.09. The fourth-order valence-corrected chi connectivity index (χ4v) is 3.85. The molecule has 7 heteroatoms. The largest absolute Gasteiger partial charge is 0.462 e. The van der Waals surface area contributed by atoms with Crippen LogP contribution in [0.4, 0.5) is 5.13 Å². The molecule has 2 aromatic heterocycles. The van der Waals surface area contributed by atoms with Crippen LogP contribution in [0, 0.1) is 6.92 Å². The lowest BCUT2D eigenvalue weighted by atomic mass is 10.1. The summed E-state index contributed by atoms with van der Waals surface area (Å²) in [6.07, 6.45) is 0. The molecule has 0 radical (unpaired) electrons. The highest BCUT2D eigenvalue weighted by molar-refractivity contribution is 7.18. The fourth-order valence-electron chi connectivity index (χ4n) is 2.22. The van der Waals surface area contributed by atoms with E-state index in [4.69, 9.17) is 4.74 Å². The minimum absolute atomic E-state index is 0.234.